The second-order valence-corrected chi connectivity index (χ2v) is 30.3. The zero-order valence-corrected chi connectivity index (χ0v) is 36.4. The lowest BCUT2D eigenvalue weighted by Crippen LogP contribution is -2.45. The van der Waals surface area contributed by atoms with Crippen molar-refractivity contribution in [3.05, 3.63) is 85.0 Å². The van der Waals surface area contributed by atoms with Gasteiger partial charge < -0.3 is 13.4 Å². The van der Waals surface area contributed by atoms with Crippen molar-refractivity contribution in [3.63, 3.8) is 0 Å². The van der Waals surface area contributed by atoms with Crippen molar-refractivity contribution < 1.29 is 17.9 Å². The molecule has 2 aliphatic rings. The van der Waals surface area contributed by atoms with E-state index in [2.05, 4.69) is 100 Å². The monoisotopic (exact) mass is 736 g/mol. The van der Waals surface area contributed by atoms with Gasteiger partial charge in [0.15, 0.2) is 16.6 Å². The first-order chi connectivity index (χ1) is 23.2. The smallest absolute Gasteiger partial charge is 0.261 e. The summed E-state index contributed by atoms with van der Waals surface area (Å²) in [5.41, 5.74) is 1.05. The molecule has 50 heavy (non-hydrogen) atoms. The molecular formula is C43H69O4PSi2. The number of hydrogen-bond donors (Lipinski definition) is 0. The van der Waals surface area contributed by atoms with Crippen molar-refractivity contribution in [1.82, 2.24) is 0 Å². The molecule has 2 aliphatic carbocycles. The van der Waals surface area contributed by atoms with Gasteiger partial charge in [0.05, 0.1) is 18.3 Å². The predicted molar refractivity (Wildman–Crippen MR) is 220 cm³/mol. The van der Waals surface area contributed by atoms with Crippen molar-refractivity contribution in [2.75, 3.05) is 0 Å². The fourth-order valence-corrected chi connectivity index (χ4v) is 12.3. The first-order valence-corrected chi connectivity index (χ1v) is 26.8. The number of unbranched alkanes of at least 4 members (excludes halogenated alkanes) is 1. The van der Waals surface area contributed by atoms with Gasteiger partial charge in [0.1, 0.15) is 0 Å². The highest BCUT2D eigenvalue weighted by atomic mass is 31.2. The standard InChI is InChI=1S/C43H69O4PSi2/c1-14-15-22-32(2)29-34(46-49(10,11)42(4,5)6)27-28-37-38-30-33(3)41(39(38)31-40(37)47-50(12,13)43(7,8)9)45-48(44,35-23-18-16-19-24-35)36-25-20-17-21-26-36/h16-21,23-28,32,34,37-41H,3,14-15,22,29-31H2,1-2,4-13H3/b28-27+/t32-,34+,37-,38+,39-,40+,41?/m0/s1. The van der Waals surface area contributed by atoms with Crippen LogP contribution in [0.1, 0.15) is 93.9 Å². The second-order valence-electron chi connectivity index (χ2n) is 18.5. The predicted octanol–water partition coefficient (Wildman–Crippen LogP) is 12.1. The van der Waals surface area contributed by atoms with Gasteiger partial charge in [-0.15, -0.1) is 0 Å². The molecule has 0 amide bonds. The summed E-state index contributed by atoms with van der Waals surface area (Å²) in [6.07, 6.45) is 11.2. The highest BCUT2D eigenvalue weighted by molar-refractivity contribution is 7.74. The summed E-state index contributed by atoms with van der Waals surface area (Å²) in [5.74, 6) is 1.29. The fraction of sp³-hybridized carbons (Fsp3) is 0.628. The lowest BCUT2D eigenvalue weighted by Gasteiger charge is -2.40. The van der Waals surface area contributed by atoms with Crippen LogP contribution in [0.4, 0.5) is 0 Å². The Bertz CT molecular complexity index is 1430. The molecule has 0 aromatic heterocycles. The number of fused-ring (bicyclic) bond motifs is 1. The van der Waals surface area contributed by atoms with Gasteiger partial charge in [-0.05, 0) is 103 Å². The topological polar surface area (TPSA) is 44.8 Å². The van der Waals surface area contributed by atoms with Crippen molar-refractivity contribution in [2.45, 2.75) is 148 Å². The highest BCUT2D eigenvalue weighted by Crippen LogP contribution is 2.58. The van der Waals surface area contributed by atoms with Crippen molar-refractivity contribution in [3.8, 4) is 0 Å². The van der Waals surface area contributed by atoms with Crippen molar-refractivity contribution >= 4 is 34.6 Å². The van der Waals surface area contributed by atoms with Crippen LogP contribution in [0.5, 0.6) is 0 Å². The zero-order chi connectivity index (χ0) is 37.1. The molecule has 0 spiro atoms. The van der Waals surface area contributed by atoms with E-state index in [1.54, 1.807) is 0 Å². The van der Waals surface area contributed by atoms with Crippen LogP contribution < -0.4 is 10.6 Å². The van der Waals surface area contributed by atoms with Crippen molar-refractivity contribution in [2.24, 2.45) is 23.7 Å². The Labute approximate surface area is 308 Å². The van der Waals surface area contributed by atoms with Crippen LogP contribution in [0.2, 0.25) is 36.3 Å². The van der Waals surface area contributed by atoms with Crippen LogP contribution in [-0.4, -0.2) is 34.9 Å². The summed E-state index contributed by atoms with van der Waals surface area (Å²) in [7, 11) is -7.48. The van der Waals surface area contributed by atoms with E-state index in [0.29, 0.717) is 11.8 Å². The molecule has 0 aliphatic heterocycles. The molecule has 0 N–H and O–H groups in total. The second kappa shape index (κ2) is 16.2. The highest BCUT2D eigenvalue weighted by Gasteiger charge is 2.55. The molecule has 4 nitrogen and oxygen atoms in total. The lowest BCUT2D eigenvalue weighted by molar-refractivity contribution is 0.138. The number of rotatable bonds is 15. The summed E-state index contributed by atoms with van der Waals surface area (Å²) in [4.78, 5) is 0. The van der Waals surface area contributed by atoms with Crippen LogP contribution in [0.25, 0.3) is 0 Å². The Morgan fingerprint density at radius 1 is 0.880 bits per heavy atom. The van der Waals surface area contributed by atoms with Gasteiger partial charge in [-0.3, -0.25) is 4.57 Å². The van der Waals surface area contributed by atoms with Crippen LogP contribution in [0.15, 0.2) is 85.0 Å². The van der Waals surface area contributed by atoms with E-state index in [-0.39, 0.29) is 40.2 Å². The van der Waals surface area contributed by atoms with E-state index < -0.39 is 24.0 Å². The van der Waals surface area contributed by atoms with Gasteiger partial charge in [0, 0.05) is 16.5 Å². The minimum atomic E-state index is -3.39. The largest absolute Gasteiger partial charge is 0.413 e. The van der Waals surface area contributed by atoms with Crippen LogP contribution in [0.3, 0.4) is 0 Å². The molecular weight excluding hydrogens is 668 g/mol. The van der Waals surface area contributed by atoms with E-state index in [4.69, 9.17) is 13.4 Å². The minimum absolute atomic E-state index is 0.0696. The van der Waals surface area contributed by atoms with Gasteiger partial charge in [-0.2, -0.15) is 0 Å². The summed E-state index contributed by atoms with van der Waals surface area (Å²) in [5, 5.41) is 1.69. The fourth-order valence-electron chi connectivity index (χ4n) is 7.34. The van der Waals surface area contributed by atoms with Crippen LogP contribution in [-0.2, 0) is 17.9 Å². The molecule has 7 atom stereocenters. The molecule has 2 saturated carbocycles. The lowest BCUT2D eigenvalue weighted by atomic mass is 9.89. The van der Waals surface area contributed by atoms with Gasteiger partial charge >= 0.3 is 0 Å². The van der Waals surface area contributed by atoms with Gasteiger partial charge in [-0.25, -0.2) is 0 Å². The molecule has 2 aromatic carbocycles. The SMILES string of the molecule is C=C1C[C@@H]2[C@H](/C=C/[C@H](C[C@@H](C)CCCC)O[Si](C)(C)C(C)(C)C)[C@H](O[Si](C)(C)C(C)(C)C)C[C@@H]2C1OP(=O)(c1ccccc1)c1ccccc1. The Morgan fingerprint density at radius 2 is 1.42 bits per heavy atom. The average molecular weight is 737 g/mol. The molecule has 2 aromatic rings. The molecule has 0 saturated heterocycles. The minimum Gasteiger partial charge on any atom is -0.413 e. The quantitative estimate of drug-likeness (QED) is 0.104. The molecule has 7 heteroatoms. The summed E-state index contributed by atoms with van der Waals surface area (Å²) < 4.78 is 36.6. The first kappa shape index (κ1) is 41.2. The Balaban J connectivity index is 1.71. The van der Waals surface area contributed by atoms with Gasteiger partial charge in [0.25, 0.3) is 7.37 Å². The molecule has 2 fully saturated rings. The average Bonchev–Trinajstić information content (AvgIpc) is 3.51. The maximum Gasteiger partial charge on any atom is 0.261 e. The van der Waals surface area contributed by atoms with Crippen LogP contribution in [0, 0.1) is 23.7 Å². The maximum atomic E-state index is 15.1. The van der Waals surface area contributed by atoms with E-state index in [0.717, 1.165) is 35.4 Å². The van der Waals surface area contributed by atoms with E-state index in [1.165, 1.54) is 19.3 Å². The Hall–Kier alpha value is -1.54. The molecule has 0 radical (unpaired) electrons. The maximum absolute atomic E-state index is 15.1. The number of benzene rings is 2. The normalized spacial score (nSPS) is 24.9. The first-order valence-electron chi connectivity index (χ1n) is 19.3. The third-order valence-electron chi connectivity index (χ3n) is 12.5. The third-order valence-corrected chi connectivity index (χ3v) is 23.9. The van der Waals surface area contributed by atoms with Crippen LogP contribution >= 0.6 is 7.37 Å². The molecule has 1 unspecified atom stereocenters. The summed E-state index contributed by atoms with van der Waals surface area (Å²) >= 11 is 0. The molecule has 4 rings (SSSR count). The summed E-state index contributed by atoms with van der Waals surface area (Å²) in [6.45, 7) is 32.7. The third kappa shape index (κ3) is 9.52. The zero-order valence-electron chi connectivity index (χ0n) is 33.5. The molecule has 0 heterocycles. The Morgan fingerprint density at radius 3 is 1.92 bits per heavy atom. The number of hydrogen-bond acceptors (Lipinski definition) is 4. The molecule has 0 bridgehead atoms. The molecule has 278 valence electrons. The Kier molecular flexibility index (Phi) is 13.4. The van der Waals surface area contributed by atoms with Crippen molar-refractivity contribution in [1.29, 1.82) is 0 Å². The summed E-state index contributed by atoms with van der Waals surface area (Å²) in [6, 6.07) is 19.5. The van der Waals surface area contributed by atoms with Gasteiger partial charge in [-0.1, -0.05) is 130 Å². The van der Waals surface area contributed by atoms with E-state index in [1.807, 2.05) is 60.7 Å². The van der Waals surface area contributed by atoms with Gasteiger partial charge in [0.2, 0.25) is 0 Å². The van der Waals surface area contributed by atoms with E-state index in [9.17, 15) is 0 Å². The van der Waals surface area contributed by atoms with E-state index >= 15 is 4.57 Å².